The van der Waals surface area contributed by atoms with E-state index in [0.29, 0.717) is 23.4 Å². The molecule has 1 amide bonds. The van der Waals surface area contributed by atoms with Crippen LogP contribution < -0.4 is 15.4 Å². The second-order valence-electron chi connectivity index (χ2n) is 6.83. The average molecular weight is 413 g/mol. The minimum Gasteiger partial charge on any atom is -0.494 e. The maximum absolute atomic E-state index is 12.4. The van der Waals surface area contributed by atoms with Crippen LogP contribution in [0.15, 0.2) is 48.5 Å². The molecule has 0 aliphatic heterocycles. The van der Waals surface area contributed by atoms with E-state index in [1.165, 1.54) is 32.6 Å². The molecule has 29 heavy (non-hydrogen) atoms. The molecule has 0 heterocycles. The van der Waals surface area contributed by atoms with Gasteiger partial charge in [-0.3, -0.25) is 14.9 Å². The molecule has 154 valence electrons. The fourth-order valence-corrected chi connectivity index (χ4v) is 2.96. The molecule has 2 rings (SSSR count). The monoisotopic (exact) mass is 412 g/mol. The van der Waals surface area contributed by atoms with Crippen molar-refractivity contribution in [3.63, 3.8) is 0 Å². The van der Waals surface area contributed by atoms with Crippen molar-refractivity contribution in [3.8, 4) is 5.75 Å². The Balaban J connectivity index is 1.80. The first-order chi connectivity index (χ1) is 14.0. The van der Waals surface area contributed by atoms with Gasteiger partial charge in [-0.25, -0.2) is 0 Å². The summed E-state index contributed by atoms with van der Waals surface area (Å²) in [6.07, 6.45) is 5.95. The molecule has 0 atom stereocenters. The zero-order valence-electron chi connectivity index (χ0n) is 17.0. The molecule has 2 N–H and O–H groups in total. The van der Waals surface area contributed by atoms with E-state index in [4.69, 9.17) is 17.0 Å². The standard InChI is InChI=1S/C23H28N2O3S/c1-3-4-5-6-7-15-28-21-13-11-18(12-14-21)22(27)25-23(29)24-20-10-8-9-19(16-20)17(2)26/h8-14,16H,3-7,15H2,1-2H3,(H2,24,25,27,29). The molecular formula is C23H28N2O3S. The Morgan fingerprint density at radius 2 is 1.69 bits per heavy atom. The molecule has 2 aromatic rings. The van der Waals surface area contributed by atoms with Crippen LogP contribution in [-0.4, -0.2) is 23.4 Å². The van der Waals surface area contributed by atoms with Crippen molar-refractivity contribution in [2.24, 2.45) is 0 Å². The number of anilines is 1. The molecule has 6 heteroatoms. The quantitative estimate of drug-likeness (QED) is 0.312. The SMILES string of the molecule is CCCCCCCOc1ccc(C(=O)NC(=S)Nc2cccc(C(C)=O)c2)cc1. The molecular weight excluding hydrogens is 384 g/mol. The van der Waals surface area contributed by atoms with E-state index >= 15 is 0 Å². The first-order valence-corrected chi connectivity index (χ1v) is 10.4. The largest absolute Gasteiger partial charge is 0.494 e. The number of thiocarbonyl (C=S) groups is 1. The number of carbonyl (C=O) groups is 2. The van der Waals surface area contributed by atoms with Crippen LogP contribution in [0.1, 0.15) is 66.7 Å². The maximum Gasteiger partial charge on any atom is 0.257 e. The Morgan fingerprint density at radius 1 is 0.966 bits per heavy atom. The number of benzene rings is 2. The van der Waals surface area contributed by atoms with Gasteiger partial charge in [-0.2, -0.15) is 0 Å². The zero-order chi connectivity index (χ0) is 21.1. The van der Waals surface area contributed by atoms with Gasteiger partial charge in [0.15, 0.2) is 10.9 Å². The summed E-state index contributed by atoms with van der Waals surface area (Å²) in [5, 5.41) is 5.73. The minimum atomic E-state index is -0.309. The summed E-state index contributed by atoms with van der Waals surface area (Å²) in [7, 11) is 0. The maximum atomic E-state index is 12.4. The van der Waals surface area contributed by atoms with E-state index in [0.717, 1.165) is 12.2 Å². The van der Waals surface area contributed by atoms with E-state index < -0.39 is 0 Å². The molecule has 0 aromatic heterocycles. The van der Waals surface area contributed by atoms with Gasteiger partial charge in [-0.1, -0.05) is 44.7 Å². The van der Waals surface area contributed by atoms with Crippen molar-refractivity contribution in [3.05, 3.63) is 59.7 Å². The normalized spacial score (nSPS) is 10.3. The molecule has 0 unspecified atom stereocenters. The third-order valence-electron chi connectivity index (χ3n) is 4.39. The van der Waals surface area contributed by atoms with Crippen LogP contribution >= 0.6 is 12.2 Å². The number of amides is 1. The molecule has 5 nitrogen and oxygen atoms in total. The second kappa shape index (κ2) is 12.0. The van der Waals surface area contributed by atoms with Crippen LogP contribution in [0.3, 0.4) is 0 Å². The smallest absolute Gasteiger partial charge is 0.257 e. The zero-order valence-corrected chi connectivity index (χ0v) is 17.8. The molecule has 0 fully saturated rings. The van der Waals surface area contributed by atoms with E-state index in [2.05, 4.69) is 17.6 Å². The predicted octanol–water partition coefficient (Wildman–Crippen LogP) is 5.37. The first kappa shape index (κ1) is 22.6. The number of ether oxygens (including phenoxy) is 1. The van der Waals surface area contributed by atoms with E-state index in [9.17, 15) is 9.59 Å². The number of unbranched alkanes of at least 4 members (excludes halogenated alkanes) is 4. The van der Waals surface area contributed by atoms with Gasteiger partial charge in [0.1, 0.15) is 5.75 Å². The summed E-state index contributed by atoms with van der Waals surface area (Å²) in [6, 6.07) is 13.9. The van der Waals surface area contributed by atoms with Crippen molar-refractivity contribution in [1.29, 1.82) is 0 Å². The van der Waals surface area contributed by atoms with Gasteiger partial charge in [0, 0.05) is 16.8 Å². The van der Waals surface area contributed by atoms with E-state index in [1.807, 2.05) is 0 Å². The van der Waals surface area contributed by atoms with Gasteiger partial charge in [0.25, 0.3) is 5.91 Å². The Kier molecular flexibility index (Phi) is 9.31. The van der Waals surface area contributed by atoms with Gasteiger partial charge in [-0.05, 0) is 62.0 Å². The van der Waals surface area contributed by atoms with Crippen LogP contribution in [0.4, 0.5) is 5.69 Å². The second-order valence-corrected chi connectivity index (χ2v) is 7.24. The fourth-order valence-electron chi connectivity index (χ4n) is 2.75. The first-order valence-electron chi connectivity index (χ1n) is 9.96. The van der Waals surface area contributed by atoms with Crippen LogP contribution in [0.25, 0.3) is 0 Å². The van der Waals surface area contributed by atoms with Crippen molar-refractivity contribution < 1.29 is 14.3 Å². The van der Waals surface area contributed by atoms with Crippen LogP contribution in [-0.2, 0) is 0 Å². The summed E-state index contributed by atoms with van der Waals surface area (Å²) in [5.41, 5.74) is 1.71. The number of carbonyl (C=O) groups excluding carboxylic acids is 2. The summed E-state index contributed by atoms with van der Waals surface area (Å²) < 4.78 is 5.71. The Labute approximate surface area is 177 Å². The third-order valence-corrected chi connectivity index (χ3v) is 4.59. The van der Waals surface area contributed by atoms with Crippen LogP contribution in [0.5, 0.6) is 5.75 Å². The van der Waals surface area contributed by atoms with Crippen molar-refractivity contribution in [2.75, 3.05) is 11.9 Å². The molecule has 0 saturated carbocycles. The highest BCUT2D eigenvalue weighted by molar-refractivity contribution is 7.80. The van der Waals surface area contributed by atoms with E-state index in [-0.39, 0.29) is 16.8 Å². The number of Topliss-reactive ketones (excluding diaryl/α,β-unsaturated/α-hetero) is 1. The number of hydrogen-bond acceptors (Lipinski definition) is 4. The van der Waals surface area contributed by atoms with Gasteiger partial charge in [0.05, 0.1) is 6.61 Å². The van der Waals surface area contributed by atoms with Crippen molar-refractivity contribution >= 4 is 34.7 Å². The Bertz CT molecular complexity index is 834. The lowest BCUT2D eigenvalue weighted by Crippen LogP contribution is -2.34. The lowest BCUT2D eigenvalue weighted by Gasteiger charge is -2.11. The average Bonchev–Trinajstić information content (AvgIpc) is 2.71. The molecule has 0 spiro atoms. The summed E-state index contributed by atoms with van der Waals surface area (Å²) in [6.45, 7) is 4.38. The number of nitrogens with one attached hydrogen (secondary N) is 2. The summed E-state index contributed by atoms with van der Waals surface area (Å²) in [4.78, 5) is 23.8. The number of ketones is 1. The lowest BCUT2D eigenvalue weighted by atomic mass is 10.1. The Morgan fingerprint density at radius 3 is 2.38 bits per heavy atom. The van der Waals surface area contributed by atoms with Gasteiger partial charge in [-0.15, -0.1) is 0 Å². The van der Waals surface area contributed by atoms with Crippen molar-refractivity contribution in [1.82, 2.24) is 5.32 Å². The molecule has 0 bridgehead atoms. The molecule has 0 saturated heterocycles. The topological polar surface area (TPSA) is 67.4 Å². The highest BCUT2D eigenvalue weighted by Gasteiger charge is 2.09. The van der Waals surface area contributed by atoms with Gasteiger partial charge >= 0.3 is 0 Å². The molecule has 0 radical (unpaired) electrons. The molecule has 0 aliphatic rings. The molecule has 2 aromatic carbocycles. The fraction of sp³-hybridized carbons (Fsp3) is 0.348. The minimum absolute atomic E-state index is 0.0353. The number of hydrogen-bond donors (Lipinski definition) is 2. The van der Waals surface area contributed by atoms with Crippen LogP contribution in [0.2, 0.25) is 0 Å². The summed E-state index contributed by atoms with van der Waals surface area (Å²) in [5.74, 6) is 0.405. The van der Waals surface area contributed by atoms with E-state index in [1.54, 1.807) is 48.5 Å². The van der Waals surface area contributed by atoms with Crippen LogP contribution in [0, 0.1) is 0 Å². The lowest BCUT2D eigenvalue weighted by molar-refractivity contribution is 0.0975. The highest BCUT2D eigenvalue weighted by Crippen LogP contribution is 2.14. The Hall–Kier alpha value is -2.73. The predicted molar refractivity (Wildman–Crippen MR) is 121 cm³/mol. The number of rotatable bonds is 10. The molecule has 0 aliphatic carbocycles. The highest BCUT2D eigenvalue weighted by atomic mass is 32.1. The van der Waals surface area contributed by atoms with Crippen molar-refractivity contribution in [2.45, 2.75) is 46.0 Å². The van der Waals surface area contributed by atoms with Gasteiger partial charge < -0.3 is 10.1 Å². The third kappa shape index (κ3) is 8.03. The van der Waals surface area contributed by atoms with Gasteiger partial charge in [0.2, 0.25) is 0 Å². The summed E-state index contributed by atoms with van der Waals surface area (Å²) >= 11 is 5.20.